The maximum Gasteiger partial charge on any atom is 0.573 e. The average molecular weight is 275 g/mol. The van der Waals surface area contributed by atoms with E-state index in [9.17, 15) is 18.0 Å². The fraction of sp³-hybridized carbons (Fsp3) is 0.462. The highest BCUT2D eigenvalue weighted by Crippen LogP contribution is 2.25. The molecule has 0 unspecified atom stereocenters. The third-order valence-corrected chi connectivity index (χ3v) is 2.36. The Morgan fingerprint density at radius 1 is 1.32 bits per heavy atom. The molecular weight excluding hydrogens is 259 g/mol. The largest absolute Gasteiger partial charge is 0.573 e. The Bertz CT molecular complexity index is 419. The van der Waals surface area contributed by atoms with E-state index in [2.05, 4.69) is 10.1 Å². The quantitative estimate of drug-likeness (QED) is 0.794. The summed E-state index contributed by atoms with van der Waals surface area (Å²) in [4.78, 5) is 11.5. The summed E-state index contributed by atoms with van der Waals surface area (Å²) in [5.74, 6) is -0.559. The Balaban J connectivity index is 2.54. The zero-order chi connectivity index (χ0) is 14.3. The number of hydrogen-bond acceptors (Lipinski definition) is 2. The first-order valence-corrected chi connectivity index (χ1v) is 6.06. The van der Waals surface area contributed by atoms with Gasteiger partial charge in [0.25, 0.3) is 0 Å². The van der Waals surface area contributed by atoms with Crippen LogP contribution < -0.4 is 10.1 Å². The first-order chi connectivity index (χ1) is 8.90. The van der Waals surface area contributed by atoms with Crippen molar-refractivity contribution in [3.63, 3.8) is 0 Å². The predicted octanol–water partition coefficient (Wildman–Crippen LogP) is 4.10. The van der Waals surface area contributed by atoms with E-state index in [0.29, 0.717) is 12.1 Å². The lowest BCUT2D eigenvalue weighted by molar-refractivity contribution is -0.274. The number of alkyl halides is 3. The van der Waals surface area contributed by atoms with Crippen LogP contribution in [0.3, 0.4) is 0 Å². The van der Waals surface area contributed by atoms with Crippen molar-refractivity contribution in [3.8, 4) is 5.75 Å². The molecule has 106 valence electrons. The fourth-order valence-corrected chi connectivity index (χ4v) is 1.53. The van der Waals surface area contributed by atoms with Crippen LogP contribution in [-0.4, -0.2) is 12.3 Å². The van der Waals surface area contributed by atoms with E-state index >= 15 is 0 Å². The normalized spacial score (nSPS) is 11.2. The number of hydrogen-bond donors (Lipinski definition) is 1. The van der Waals surface area contributed by atoms with Crippen molar-refractivity contribution in [1.82, 2.24) is 0 Å². The van der Waals surface area contributed by atoms with Crippen LogP contribution in [0, 0.1) is 0 Å². The second kappa shape index (κ2) is 7.01. The van der Waals surface area contributed by atoms with Gasteiger partial charge in [-0.3, -0.25) is 4.79 Å². The minimum atomic E-state index is -4.73. The van der Waals surface area contributed by atoms with Gasteiger partial charge in [0, 0.05) is 18.2 Å². The summed E-state index contributed by atoms with van der Waals surface area (Å²) in [6, 6.07) is 5.23. The second-order valence-corrected chi connectivity index (χ2v) is 4.08. The molecule has 0 fully saturated rings. The van der Waals surface area contributed by atoms with E-state index in [1.54, 1.807) is 0 Å². The second-order valence-electron chi connectivity index (χ2n) is 4.08. The summed E-state index contributed by atoms with van der Waals surface area (Å²) in [5, 5.41) is 2.54. The summed E-state index contributed by atoms with van der Waals surface area (Å²) in [6.45, 7) is 2.02. The Hall–Kier alpha value is -1.72. The van der Waals surface area contributed by atoms with Crippen LogP contribution >= 0.6 is 0 Å². The fourth-order valence-electron chi connectivity index (χ4n) is 1.53. The molecule has 0 bridgehead atoms. The van der Waals surface area contributed by atoms with E-state index in [0.717, 1.165) is 25.3 Å². The van der Waals surface area contributed by atoms with Crippen LogP contribution in [0.2, 0.25) is 0 Å². The standard InChI is InChI=1S/C13H16F3NO2/c1-2-3-4-8-12(18)17-10-6-5-7-11(9-10)19-13(14,15)16/h5-7,9H,2-4,8H2,1H3,(H,17,18). The molecule has 1 N–H and O–H groups in total. The van der Waals surface area contributed by atoms with Crippen LogP contribution in [0.1, 0.15) is 32.6 Å². The summed E-state index contributed by atoms with van der Waals surface area (Å²) in [6.07, 6.45) is -1.66. The van der Waals surface area contributed by atoms with Crippen molar-refractivity contribution in [2.24, 2.45) is 0 Å². The number of nitrogens with one attached hydrogen (secondary N) is 1. The summed E-state index contributed by atoms with van der Waals surface area (Å²) in [7, 11) is 0. The highest BCUT2D eigenvalue weighted by atomic mass is 19.4. The minimum absolute atomic E-state index is 0.211. The third-order valence-electron chi connectivity index (χ3n) is 2.36. The van der Waals surface area contributed by atoms with Gasteiger partial charge in [-0.2, -0.15) is 0 Å². The molecule has 1 aromatic carbocycles. The van der Waals surface area contributed by atoms with E-state index in [1.807, 2.05) is 6.92 Å². The van der Waals surface area contributed by atoms with Crippen molar-refractivity contribution in [2.45, 2.75) is 39.0 Å². The monoisotopic (exact) mass is 275 g/mol. The molecule has 6 heteroatoms. The molecular formula is C13H16F3NO2. The number of anilines is 1. The van der Waals surface area contributed by atoms with Crippen molar-refractivity contribution in [1.29, 1.82) is 0 Å². The molecule has 0 saturated heterocycles. The molecule has 1 aromatic rings. The van der Waals surface area contributed by atoms with E-state index < -0.39 is 6.36 Å². The third kappa shape index (κ3) is 6.69. The van der Waals surface area contributed by atoms with Crippen LogP contribution in [0.4, 0.5) is 18.9 Å². The lowest BCUT2D eigenvalue weighted by Crippen LogP contribution is -2.17. The highest BCUT2D eigenvalue weighted by Gasteiger charge is 2.31. The molecule has 1 amide bonds. The lowest BCUT2D eigenvalue weighted by Gasteiger charge is -2.10. The van der Waals surface area contributed by atoms with Crippen LogP contribution in [0.15, 0.2) is 24.3 Å². The smallest absolute Gasteiger partial charge is 0.406 e. The summed E-state index contributed by atoms with van der Waals surface area (Å²) >= 11 is 0. The molecule has 0 aliphatic heterocycles. The van der Waals surface area contributed by atoms with Crippen molar-refractivity contribution in [2.75, 3.05) is 5.32 Å². The van der Waals surface area contributed by atoms with Gasteiger partial charge in [0.2, 0.25) is 5.91 Å². The molecule has 0 aliphatic rings. The van der Waals surface area contributed by atoms with E-state index in [-0.39, 0.29) is 11.7 Å². The van der Waals surface area contributed by atoms with Gasteiger partial charge < -0.3 is 10.1 Å². The van der Waals surface area contributed by atoms with Gasteiger partial charge in [0.05, 0.1) is 0 Å². The zero-order valence-corrected chi connectivity index (χ0v) is 10.6. The average Bonchev–Trinajstić information content (AvgIpc) is 2.27. The van der Waals surface area contributed by atoms with Gasteiger partial charge >= 0.3 is 6.36 Å². The van der Waals surface area contributed by atoms with Gasteiger partial charge in [0.1, 0.15) is 5.75 Å². The first kappa shape index (κ1) is 15.3. The molecule has 0 saturated carbocycles. The minimum Gasteiger partial charge on any atom is -0.406 e. The number of carbonyl (C=O) groups is 1. The number of carbonyl (C=O) groups excluding carboxylic acids is 1. The summed E-state index contributed by atoms with van der Waals surface area (Å²) < 4.78 is 39.9. The Labute approximate surface area is 109 Å². The van der Waals surface area contributed by atoms with Gasteiger partial charge in [-0.1, -0.05) is 25.8 Å². The Kier molecular flexibility index (Phi) is 5.66. The number of ether oxygens (including phenoxy) is 1. The van der Waals surface area contributed by atoms with Gasteiger partial charge in [-0.15, -0.1) is 13.2 Å². The zero-order valence-electron chi connectivity index (χ0n) is 10.6. The van der Waals surface area contributed by atoms with Gasteiger partial charge in [0.15, 0.2) is 0 Å². The number of rotatable bonds is 6. The molecule has 3 nitrogen and oxygen atoms in total. The number of amides is 1. The predicted molar refractivity (Wildman–Crippen MR) is 65.9 cm³/mol. The molecule has 0 aliphatic carbocycles. The van der Waals surface area contributed by atoms with Crippen molar-refractivity contribution in [3.05, 3.63) is 24.3 Å². The highest BCUT2D eigenvalue weighted by molar-refractivity contribution is 5.90. The number of halogens is 3. The molecule has 0 atom stereocenters. The maximum atomic E-state index is 12.0. The lowest BCUT2D eigenvalue weighted by atomic mass is 10.2. The maximum absolute atomic E-state index is 12.0. The van der Waals surface area contributed by atoms with Crippen LogP contribution in [-0.2, 0) is 4.79 Å². The van der Waals surface area contributed by atoms with Crippen LogP contribution in [0.5, 0.6) is 5.75 Å². The van der Waals surface area contributed by atoms with Crippen molar-refractivity contribution < 1.29 is 22.7 Å². The van der Waals surface area contributed by atoms with Gasteiger partial charge in [-0.05, 0) is 18.6 Å². The van der Waals surface area contributed by atoms with E-state index in [4.69, 9.17) is 0 Å². The SMILES string of the molecule is CCCCCC(=O)Nc1cccc(OC(F)(F)F)c1. The van der Waals surface area contributed by atoms with Gasteiger partial charge in [-0.25, -0.2) is 0 Å². The topological polar surface area (TPSA) is 38.3 Å². The first-order valence-electron chi connectivity index (χ1n) is 6.06. The summed E-state index contributed by atoms with van der Waals surface area (Å²) in [5.41, 5.74) is 0.295. The van der Waals surface area contributed by atoms with E-state index in [1.165, 1.54) is 18.2 Å². The molecule has 0 radical (unpaired) electrons. The van der Waals surface area contributed by atoms with Crippen LogP contribution in [0.25, 0.3) is 0 Å². The molecule has 1 rings (SSSR count). The number of benzene rings is 1. The molecule has 19 heavy (non-hydrogen) atoms. The Morgan fingerprint density at radius 2 is 2.05 bits per heavy atom. The Morgan fingerprint density at radius 3 is 2.68 bits per heavy atom. The molecule has 0 spiro atoms. The van der Waals surface area contributed by atoms with Crippen molar-refractivity contribution >= 4 is 11.6 Å². The molecule has 0 heterocycles. The molecule has 0 aromatic heterocycles. The number of unbranched alkanes of at least 4 members (excludes halogenated alkanes) is 2.